The van der Waals surface area contributed by atoms with Crippen molar-refractivity contribution in [3.8, 4) is 0 Å². The van der Waals surface area contributed by atoms with E-state index in [0.717, 1.165) is 0 Å². The number of aliphatic hydroxyl groups is 2. The van der Waals surface area contributed by atoms with Gasteiger partial charge in [0.25, 0.3) is 0 Å². The summed E-state index contributed by atoms with van der Waals surface area (Å²) in [7, 11) is 0. The molecule has 0 radical (unpaired) electrons. The second kappa shape index (κ2) is 8.46. The van der Waals surface area contributed by atoms with E-state index in [1.54, 1.807) is 13.0 Å². The Morgan fingerprint density at radius 1 is 1.24 bits per heavy atom. The first-order valence-electron chi connectivity index (χ1n) is 13.3. The van der Waals surface area contributed by atoms with E-state index in [1.165, 1.54) is 29.6 Å². The van der Waals surface area contributed by atoms with Crippen molar-refractivity contribution in [2.24, 2.45) is 34.0 Å². The summed E-state index contributed by atoms with van der Waals surface area (Å²) in [6, 6.07) is 3.58. The lowest BCUT2D eigenvalue weighted by molar-refractivity contribution is -0.212. The lowest BCUT2D eigenvalue weighted by Crippen LogP contribution is -2.69. The van der Waals surface area contributed by atoms with Crippen LogP contribution < -0.4 is 0 Å². The summed E-state index contributed by atoms with van der Waals surface area (Å²) in [5.74, 6) is -2.33. The molecule has 1 unspecified atom stereocenters. The van der Waals surface area contributed by atoms with E-state index in [-0.39, 0.29) is 49.0 Å². The number of nitrogens with zero attached hydrogens (tertiary/aromatic N) is 1. The van der Waals surface area contributed by atoms with Gasteiger partial charge in [0.05, 0.1) is 22.9 Å². The van der Waals surface area contributed by atoms with Crippen LogP contribution in [0.3, 0.4) is 0 Å². The number of ketones is 3. The van der Waals surface area contributed by atoms with Gasteiger partial charge in [0.15, 0.2) is 23.0 Å². The van der Waals surface area contributed by atoms with E-state index in [0.29, 0.717) is 17.8 Å². The normalized spacial score (nSPS) is 45.7. The van der Waals surface area contributed by atoms with Crippen LogP contribution in [-0.4, -0.2) is 76.6 Å². The molecular formula is C29H33F2NO5S. The predicted molar refractivity (Wildman–Crippen MR) is 137 cm³/mol. The summed E-state index contributed by atoms with van der Waals surface area (Å²) in [5, 5.41) is 23.5. The SMILES string of the molecule is C[C@]12C=CC(=O)C=C1[C@@H](F)C[C@H]1C3C[C@H]4CN(CC(=O)c5cccs5)C[C@@]4(C(=O)CO)[C@@]3(C)C[C@H](O)[C@@]12F. The van der Waals surface area contributed by atoms with Crippen LogP contribution in [0, 0.1) is 34.0 Å². The minimum atomic E-state index is -2.21. The van der Waals surface area contributed by atoms with Gasteiger partial charge >= 0.3 is 0 Å². The van der Waals surface area contributed by atoms with Crippen LogP contribution in [0.1, 0.15) is 42.8 Å². The molecule has 3 saturated carbocycles. The number of halogens is 2. The highest BCUT2D eigenvalue weighted by Crippen LogP contribution is 2.74. The van der Waals surface area contributed by atoms with Gasteiger partial charge in [0, 0.05) is 24.4 Å². The number of likely N-dealkylation sites (tertiary alicyclic amines) is 1. The predicted octanol–water partition coefficient (Wildman–Crippen LogP) is 3.34. The Kier molecular flexibility index (Phi) is 5.83. The molecule has 0 bridgehead atoms. The Balaban J connectivity index is 1.38. The minimum Gasteiger partial charge on any atom is -0.390 e. The highest BCUT2D eigenvalue weighted by molar-refractivity contribution is 7.12. The van der Waals surface area contributed by atoms with Crippen molar-refractivity contribution in [3.63, 3.8) is 0 Å². The second-order valence-corrected chi connectivity index (χ2v) is 13.4. The van der Waals surface area contributed by atoms with Crippen LogP contribution in [0.4, 0.5) is 8.78 Å². The molecule has 5 aliphatic rings. The van der Waals surface area contributed by atoms with Gasteiger partial charge in [-0.1, -0.05) is 19.1 Å². The zero-order valence-corrected chi connectivity index (χ0v) is 22.3. The molecule has 0 amide bonds. The third-order valence-electron chi connectivity index (χ3n) is 11.0. The molecule has 4 aliphatic carbocycles. The molecule has 6 nitrogen and oxygen atoms in total. The van der Waals surface area contributed by atoms with Crippen molar-refractivity contribution in [1.82, 2.24) is 4.90 Å². The van der Waals surface area contributed by atoms with Crippen LogP contribution in [0.5, 0.6) is 0 Å². The van der Waals surface area contributed by atoms with Gasteiger partial charge in [-0.2, -0.15) is 0 Å². The van der Waals surface area contributed by atoms with Crippen LogP contribution >= 0.6 is 11.3 Å². The lowest BCUT2D eigenvalue weighted by atomic mass is 9.43. The Bertz CT molecular complexity index is 1260. The zero-order valence-electron chi connectivity index (χ0n) is 21.5. The van der Waals surface area contributed by atoms with Gasteiger partial charge < -0.3 is 10.2 Å². The summed E-state index contributed by atoms with van der Waals surface area (Å²) >= 11 is 1.36. The third-order valence-corrected chi connectivity index (χ3v) is 11.9. The van der Waals surface area contributed by atoms with Gasteiger partial charge in [-0.3, -0.25) is 19.3 Å². The van der Waals surface area contributed by atoms with Gasteiger partial charge in [-0.05, 0) is 72.6 Å². The highest BCUT2D eigenvalue weighted by atomic mass is 32.1. The van der Waals surface area contributed by atoms with Crippen molar-refractivity contribution in [1.29, 1.82) is 0 Å². The number of Topliss-reactive ketones (excluding diaryl/α,β-unsaturated/α-hetero) is 2. The number of fused-ring (bicyclic) bond motifs is 7. The van der Waals surface area contributed by atoms with Gasteiger partial charge in [0.2, 0.25) is 0 Å². The van der Waals surface area contributed by atoms with Crippen molar-refractivity contribution >= 4 is 28.7 Å². The molecule has 2 N–H and O–H groups in total. The topological polar surface area (TPSA) is 94.9 Å². The maximum Gasteiger partial charge on any atom is 0.186 e. The third kappa shape index (κ3) is 3.10. The van der Waals surface area contributed by atoms with Crippen LogP contribution in [0.2, 0.25) is 0 Å². The molecule has 9 heteroatoms. The summed E-state index contributed by atoms with van der Waals surface area (Å²) < 4.78 is 33.1. The van der Waals surface area contributed by atoms with E-state index >= 15 is 8.78 Å². The fourth-order valence-electron chi connectivity index (χ4n) is 9.36. The van der Waals surface area contributed by atoms with E-state index in [2.05, 4.69) is 0 Å². The number of hydrogen-bond donors (Lipinski definition) is 2. The number of allylic oxidation sites excluding steroid dienone is 4. The second-order valence-electron chi connectivity index (χ2n) is 12.4. The number of carbonyl (C=O) groups excluding carboxylic acids is 3. The molecule has 1 aromatic heterocycles. The summed E-state index contributed by atoms with van der Waals surface area (Å²) in [6.45, 7) is 3.57. The zero-order chi connectivity index (χ0) is 27.3. The first-order valence-corrected chi connectivity index (χ1v) is 14.2. The molecular weight excluding hydrogens is 512 g/mol. The van der Waals surface area contributed by atoms with Gasteiger partial charge in [-0.15, -0.1) is 11.3 Å². The van der Waals surface area contributed by atoms with E-state index in [9.17, 15) is 24.6 Å². The molecule has 6 rings (SSSR count). The van der Waals surface area contributed by atoms with E-state index in [4.69, 9.17) is 0 Å². The number of alkyl halides is 2. The molecule has 1 aliphatic heterocycles. The molecule has 0 aromatic carbocycles. The Hall–Kier alpha value is -2.07. The fourth-order valence-corrected chi connectivity index (χ4v) is 10.0. The van der Waals surface area contributed by atoms with Crippen LogP contribution in [0.25, 0.3) is 0 Å². The summed E-state index contributed by atoms with van der Waals surface area (Å²) in [4.78, 5) is 41.1. The smallest absolute Gasteiger partial charge is 0.186 e. The lowest BCUT2D eigenvalue weighted by Gasteiger charge is -2.63. The number of rotatable bonds is 5. The van der Waals surface area contributed by atoms with Crippen LogP contribution in [-0.2, 0) is 9.59 Å². The minimum absolute atomic E-state index is 0.0266. The monoisotopic (exact) mass is 545 g/mol. The molecule has 9 atom stereocenters. The van der Waals surface area contributed by atoms with E-state index < -0.39 is 58.4 Å². The molecule has 2 heterocycles. The summed E-state index contributed by atoms with van der Waals surface area (Å²) in [6.07, 6.45) is 1.04. The molecule has 1 aromatic rings. The van der Waals surface area contributed by atoms with Gasteiger partial charge in [-0.25, -0.2) is 8.78 Å². The number of hydrogen-bond acceptors (Lipinski definition) is 7. The van der Waals surface area contributed by atoms with E-state index in [1.807, 2.05) is 23.3 Å². The maximum atomic E-state index is 17.4. The average molecular weight is 546 g/mol. The Labute approximate surface area is 224 Å². The molecule has 1 saturated heterocycles. The van der Waals surface area contributed by atoms with Crippen molar-refractivity contribution in [2.45, 2.75) is 51.1 Å². The number of aliphatic hydroxyl groups excluding tert-OH is 2. The highest BCUT2D eigenvalue weighted by Gasteiger charge is 2.78. The van der Waals surface area contributed by atoms with Crippen molar-refractivity contribution < 1.29 is 33.4 Å². The fraction of sp³-hybridized carbons (Fsp3) is 0.621. The standard InChI is InChI=1S/C29H33F2NO5S/c1-26-6-5-17(34)9-20(26)21(30)10-19-18-8-16-12-32(13-22(35)23-4-3-7-38-23)15-28(16,25(37)14-33)27(18,2)11-24(36)29(19,26)31/h3-7,9,16,18-19,21,24,33,36H,8,10-15H2,1-2H3/t16-,18?,19-,21-,24-,26-,27-,28+,29-/m0/s1. The number of thiophene rings is 1. The summed E-state index contributed by atoms with van der Waals surface area (Å²) in [5.41, 5.74) is -5.59. The number of carbonyl (C=O) groups is 3. The van der Waals surface area contributed by atoms with Gasteiger partial charge in [0.1, 0.15) is 12.8 Å². The average Bonchev–Trinajstić information content (AvgIpc) is 3.58. The largest absolute Gasteiger partial charge is 0.390 e. The molecule has 0 spiro atoms. The molecule has 38 heavy (non-hydrogen) atoms. The first kappa shape index (κ1) is 26.2. The van der Waals surface area contributed by atoms with Crippen LogP contribution in [0.15, 0.2) is 41.3 Å². The van der Waals surface area contributed by atoms with Crippen molar-refractivity contribution in [2.75, 3.05) is 26.2 Å². The Morgan fingerprint density at radius 3 is 2.68 bits per heavy atom. The molecule has 204 valence electrons. The molecule has 4 fully saturated rings. The Morgan fingerprint density at radius 2 is 2.00 bits per heavy atom. The van der Waals surface area contributed by atoms with Crippen molar-refractivity contribution in [3.05, 3.63) is 46.2 Å². The quantitative estimate of drug-likeness (QED) is 0.552. The first-order chi connectivity index (χ1) is 17.9. The maximum absolute atomic E-state index is 17.4.